The van der Waals surface area contributed by atoms with Gasteiger partial charge in [-0.1, -0.05) is 42.8 Å². The summed E-state index contributed by atoms with van der Waals surface area (Å²) in [6.07, 6.45) is 1.02. The summed E-state index contributed by atoms with van der Waals surface area (Å²) in [5, 5.41) is 11.6. The van der Waals surface area contributed by atoms with Gasteiger partial charge in [-0.25, -0.2) is 0 Å². The van der Waals surface area contributed by atoms with Gasteiger partial charge < -0.3 is 5.32 Å². The highest BCUT2D eigenvalue weighted by Gasteiger charge is 2.05. The average Bonchev–Trinajstić information content (AvgIpc) is 2.40. The Morgan fingerprint density at radius 1 is 1.11 bits per heavy atom. The van der Waals surface area contributed by atoms with Crippen molar-refractivity contribution in [2.24, 2.45) is 0 Å². The Morgan fingerprint density at radius 3 is 2.39 bits per heavy atom. The molecule has 92 valence electrons. The normalized spacial score (nSPS) is 10.1. The monoisotopic (exact) mass is 258 g/mol. The van der Waals surface area contributed by atoms with Gasteiger partial charge in [0.25, 0.3) is 0 Å². The first-order valence-electron chi connectivity index (χ1n) is 5.90. The molecule has 2 N–H and O–H groups in total. The van der Waals surface area contributed by atoms with Gasteiger partial charge >= 0.3 is 0 Å². The molecule has 0 saturated heterocycles. The van der Waals surface area contributed by atoms with E-state index >= 15 is 0 Å². The van der Waals surface area contributed by atoms with E-state index in [1.54, 1.807) is 6.07 Å². The van der Waals surface area contributed by atoms with Crippen LogP contribution in [0.2, 0.25) is 5.02 Å². The van der Waals surface area contributed by atoms with Crippen LogP contribution in [0.25, 0.3) is 0 Å². The van der Waals surface area contributed by atoms with Gasteiger partial charge in [0.15, 0.2) is 0 Å². The van der Waals surface area contributed by atoms with Gasteiger partial charge in [-0.2, -0.15) is 0 Å². The van der Waals surface area contributed by atoms with E-state index in [2.05, 4.69) is 24.4 Å². The first-order valence-corrected chi connectivity index (χ1v) is 6.28. The van der Waals surface area contributed by atoms with Gasteiger partial charge in [0, 0.05) is 11.3 Å². The molecular formula is C15H15ClN2. The average molecular weight is 259 g/mol. The predicted octanol–water partition coefficient (Wildman–Crippen LogP) is 4.34. The van der Waals surface area contributed by atoms with Crippen LogP contribution in [0.15, 0.2) is 48.5 Å². The Bertz CT molecular complexity index is 547. The van der Waals surface area contributed by atoms with E-state index in [4.69, 9.17) is 17.0 Å². The smallest absolute Gasteiger partial charge is 0.131 e. The lowest BCUT2D eigenvalue weighted by atomic mass is 10.1. The Morgan fingerprint density at radius 2 is 1.78 bits per heavy atom. The van der Waals surface area contributed by atoms with Gasteiger partial charge in [-0.15, -0.1) is 0 Å². The van der Waals surface area contributed by atoms with Crippen LogP contribution < -0.4 is 5.32 Å². The van der Waals surface area contributed by atoms with Gasteiger partial charge in [0.2, 0.25) is 0 Å². The molecule has 0 heterocycles. The first kappa shape index (κ1) is 12.7. The van der Waals surface area contributed by atoms with Gasteiger partial charge in [-0.05, 0) is 36.2 Å². The van der Waals surface area contributed by atoms with Gasteiger partial charge in [0.05, 0.1) is 5.02 Å². The van der Waals surface area contributed by atoms with E-state index in [1.807, 2.05) is 30.3 Å². The molecule has 0 radical (unpaired) electrons. The summed E-state index contributed by atoms with van der Waals surface area (Å²) in [7, 11) is 0. The topological polar surface area (TPSA) is 35.9 Å². The molecule has 2 nitrogen and oxygen atoms in total. The Balaban J connectivity index is 2.14. The summed E-state index contributed by atoms with van der Waals surface area (Å²) >= 11 is 6.05. The summed E-state index contributed by atoms with van der Waals surface area (Å²) in [6, 6.07) is 15.4. The van der Waals surface area contributed by atoms with E-state index in [-0.39, 0.29) is 0 Å². The third-order valence-corrected chi connectivity index (χ3v) is 3.10. The summed E-state index contributed by atoms with van der Waals surface area (Å²) < 4.78 is 0. The van der Waals surface area contributed by atoms with Crippen molar-refractivity contribution in [1.82, 2.24) is 0 Å². The van der Waals surface area contributed by atoms with Crippen molar-refractivity contribution in [1.29, 1.82) is 5.41 Å². The molecular weight excluding hydrogens is 244 g/mol. The quantitative estimate of drug-likeness (QED) is 0.624. The summed E-state index contributed by atoms with van der Waals surface area (Å²) in [5.41, 5.74) is 2.89. The number of nitrogens with one attached hydrogen (secondary N) is 2. The van der Waals surface area contributed by atoms with Crippen molar-refractivity contribution >= 4 is 23.1 Å². The third kappa shape index (κ3) is 2.90. The third-order valence-electron chi connectivity index (χ3n) is 2.77. The maximum absolute atomic E-state index is 8.01. The van der Waals surface area contributed by atoms with Crippen LogP contribution in [-0.4, -0.2) is 5.84 Å². The van der Waals surface area contributed by atoms with E-state index in [9.17, 15) is 0 Å². The number of rotatable bonds is 3. The molecule has 0 amide bonds. The Kier molecular flexibility index (Phi) is 4.00. The van der Waals surface area contributed by atoms with E-state index in [1.165, 1.54) is 5.56 Å². The zero-order chi connectivity index (χ0) is 13.0. The van der Waals surface area contributed by atoms with Crippen LogP contribution in [0, 0.1) is 5.41 Å². The maximum Gasteiger partial charge on any atom is 0.131 e. The molecule has 0 saturated carbocycles. The number of hydrogen-bond donors (Lipinski definition) is 2. The van der Waals surface area contributed by atoms with E-state index in [0.717, 1.165) is 12.1 Å². The highest BCUT2D eigenvalue weighted by Crippen LogP contribution is 2.17. The molecule has 0 aromatic heterocycles. The summed E-state index contributed by atoms with van der Waals surface area (Å²) in [6.45, 7) is 2.12. The molecule has 0 aliphatic heterocycles. The van der Waals surface area contributed by atoms with Crippen LogP contribution in [0.3, 0.4) is 0 Å². The number of hydrogen-bond acceptors (Lipinski definition) is 1. The zero-order valence-electron chi connectivity index (χ0n) is 10.2. The minimum atomic E-state index is 0.310. The minimum absolute atomic E-state index is 0.310. The second kappa shape index (κ2) is 5.69. The predicted molar refractivity (Wildman–Crippen MR) is 77.7 cm³/mol. The lowest BCUT2D eigenvalue weighted by Gasteiger charge is -2.09. The molecule has 18 heavy (non-hydrogen) atoms. The van der Waals surface area contributed by atoms with Crippen molar-refractivity contribution in [3.63, 3.8) is 0 Å². The molecule has 0 spiro atoms. The minimum Gasteiger partial charge on any atom is -0.340 e. The second-order valence-corrected chi connectivity index (χ2v) is 4.44. The number of anilines is 1. The van der Waals surface area contributed by atoms with Crippen LogP contribution in [0.4, 0.5) is 5.69 Å². The zero-order valence-corrected chi connectivity index (χ0v) is 11.0. The number of amidine groups is 1. The van der Waals surface area contributed by atoms with Crippen molar-refractivity contribution in [3.8, 4) is 0 Å². The highest BCUT2D eigenvalue weighted by atomic mass is 35.5. The Hall–Kier alpha value is -1.80. The van der Waals surface area contributed by atoms with Crippen molar-refractivity contribution < 1.29 is 0 Å². The molecule has 2 aromatic carbocycles. The van der Waals surface area contributed by atoms with Crippen molar-refractivity contribution in [2.75, 3.05) is 5.32 Å². The molecule has 0 unspecified atom stereocenters. The fraction of sp³-hybridized carbons (Fsp3) is 0.133. The molecule has 2 rings (SSSR count). The van der Waals surface area contributed by atoms with Crippen LogP contribution in [0.1, 0.15) is 18.1 Å². The molecule has 0 bridgehead atoms. The SMILES string of the molecule is CCc1ccc(NC(=N)c2ccccc2Cl)cc1. The van der Waals surface area contributed by atoms with Crippen molar-refractivity contribution in [2.45, 2.75) is 13.3 Å². The first-order chi connectivity index (χ1) is 8.70. The fourth-order valence-electron chi connectivity index (χ4n) is 1.70. The number of aryl methyl sites for hydroxylation is 1. The van der Waals surface area contributed by atoms with Crippen LogP contribution in [-0.2, 0) is 6.42 Å². The van der Waals surface area contributed by atoms with E-state index in [0.29, 0.717) is 16.4 Å². The second-order valence-electron chi connectivity index (χ2n) is 4.03. The van der Waals surface area contributed by atoms with Gasteiger partial charge in [0.1, 0.15) is 5.84 Å². The lowest BCUT2D eigenvalue weighted by Crippen LogP contribution is -2.12. The highest BCUT2D eigenvalue weighted by molar-refractivity contribution is 6.34. The lowest BCUT2D eigenvalue weighted by molar-refractivity contribution is 1.14. The van der Waals surface area contributed by atoms with E-state index < -0.39 is 0 Å². The largest absolute Gasteiger partial charge is 0.340 e. The molecule has 0 aliphatic rings. The fourth-order valence-corrected chi connectivity index (χ4v) is 1.93. The maximum atomic E-state index is 8.01. The molecule has 0 fully saturated rings. The van der Waals surface area contributed by atoms with Crippen LogP contribution >= 0.6 is 11.6 Å². The standard InChI is InChI=1S/C15H15ClN2/c1-2-11-7-9-12(10-8-11)18-15(17)13-5-3-4-6-14(13)16/h3-10H,2H2,1H3,(H2,17,18). The molecule has 0 aliphatic carbocycles. The van der Waals surface area contributed by atoms with Gasteiger partial charge in [-0.3, -0.25) is 5.41 Å². The number of benzene rings is 2. The van der Waals surface area contributed by atoms with Crippen LogP contribution in [0.5, 0.6) is 0 Å². The molecule has 3 heteroatoms. The molecule has 0 atom stereocenters. The number of halogens is 1. The summed E-state index contributed by atoms with van der Waals surface area (Å²) in [5.74, 6) is 0.310. The Labute approximate surface area is 112 Å². The summed E-state index contributed by atoms with van der Waals surface area (Å²) in [4.78, 5) is 0. The molecule has 2 aromatic rings. The van der Waals surface area contributed by atoms with Crippen molar-refractivity contribution in [3.05, 3.63) is 64.7 Å².